The molecule has 1 atom stereocenters. The summed E-state index contributed by atoms with van der Waals surface area (Å²) >= 11 is 0. The molecular formula is C17H25N3O. The van der Waals surface area contributed by atoms with Crippen LogP contribution in [0.5, 0.6) is 0 Å². The maximum Gasteiger partial charge on any atom is 0.228 e. The molecule has 1 aromatic heterocycles. The molecule has 4 nitrogen and oxygen atoms in total. The van der Waals surface area contributed by atoms with Crippen LogP contribution in [0.1, 0.15) is 45.0 Å². The summed E-state index contributed by atoms with van der Waals surface area (Å²) in [5.74, 6) is 1.46. The zero-order chi connectivity index (χ0) is 15.3. The SMILES string of the molecule is CCNC(Cc1nc(Cc2ccccc2)no1)C(C)(C)C. The van der Waals surface area contributed by atoms with Crippen molar-refractivity contribution in [3.8, 4) is 0 Å². The quantitative estimate of drug-likeness (QED) is 0.886. The summed E-state index contributed by atoms with van der Waals surface area (Å²) in [6, 6.07) is 10.5. The molecule has 21 heavy (non-hydrogen) atoms. The molecule has 0 aliphatic carbocycles. The van der Waals surface area contributed by atoms with E-state index in [9.17, 15) is 0 Å². The zero-order valence-corrected chi connectivity index (χ0v) is 13.4. The summed E-state index contributed by atoms with van der Waals surface area (Å²) in [5, 5.41) is 7.60. The third-order valence-corrected chi connectivity index (χ3v) is 3.59. The molecule has 114 valence electrons. The Balaban J connectivity index is 2.02. The highest BCUT2D eigenvalue weighted by Crippen LogP contribution is 2.22. The number of rotatable bonds is 6. The van der Waals surface area contributed by atoms with Gasteiger partial charge in [0.15, 0.2) is 5.82 Å². The van der Waals surface area contributed by atoms with E-state index in [1.54, 1.807) is 0 Å². The molecule has 1 aromatic carbocycles. The largest absolute Gasteiger partial charge is 0.339 e. The Hall–Kier alpha value is -1.68. The van der Waals surface area contributed by atoms with E-state index in [2.05, 4.69) is 55.3 Å². The predicted molar refractivity (Wildman–Crippen MR) is 84.2 cm³/mol. The van der Waals surface area contributed by atoms with Crippen molar-refractivity contribution in [1.82, 2.24) is 15.5 Å². The molecule has 2 rings (SSSR count). The van der Waals surface area contributed by atoms with Crippen LogP contribution < -0.4 is 5.32 Å². The van der Waals surface area contributed by atoms with Crippen LogP contribution in [-0.4, -0.2) is 22.7 Å². The molecular weight excluding hydrogens is 262 g/mol. The highest BCUT2D eigenvalue weighted by Gasteiger charge is 2.26. The summed E-state index contributed by atoms with van der Waals surface area (Å²) < 4.78 is 5.41. The number of nitrogens with zero attached hydrogens (tertiary/aromatic N) is 2. The maximum atomic E-state index is 5.41. The molecule has 0 aliphatic rings. The van der Waals surface area contributed by atoms with E-state index < -0.39 is 0 Å². The second-order valence-corrected chi connectivity index (χ2v) is 6.45. The molecule has 1 N–H and O–H groups in total. The number of hydrogen-bond donors (Lipinski definition) is 1. The van der Waals surface area contributed by atoms with Crippen LogP contribution in [0.2, 0.25) is 0 Å². The second kappa shape index (κ2) is 6.85. The molecule has 0 bridgehead atoms. The van der Waals surface area contributed by atoms with Crippen LogP contribution >= 0.6 is 0 Å². The predicted octanol–water partition coefficient (Wildman–Crippen LogP) is 3.23. The minimum atomic E-state index is 0.157. The Labute approximate surface area is 127 Å². The molecule has 0 amide bonds. The Kier molecular flexibility index (Phi) is 5.12. The van der Waals surface area contributed by atoms with E-state index in [1.165, 1.54) is 5.56 Å². The van der Waals surface area contributed by atoms with Gasteiger partial charge in [-0.25, -0.2) is 0 Å². The third-order valence-electron chi connectivity index (χ3n) is 3.59. The van der Waals surface area contributed by atoms with E-state index in [4.69, 9.17) is 4.52 Å². The highest BCUT2D eigenvalue weighted by atomic mass is 16.5. The van der Waals surface area contributed by atoms with Gasteiger partial charge in [-0.2, -0.15) is 4.98 Å². The molecule has 4 heteroatoms. The molecule has 0 fully saturated rings. The van der Waals surface area contributed by atoms with Gasteiger partial charge in [0, 0.05) is 18.9 Å². The van der Waals surface area contributed by atoms with Crippen LogP contribution in [-0.2, 0) is 12.8 Å². The summed E-state index contributed by atoms with van der Waals surface area (Å²) in [7, 11) is 0. The first-order valence-corrected chi connectivity index (χ1v) is 7.58. The molecule has 2 aromatic rings. The Morgan fingerprint density at radius 2 is 1.90 bits per heavy atom. The molecule has 1 heterocycles. The fourth-order valence-electron chi connectivity index (χ4n) is 2.33. The highest BCUT2D eigenvalue weighted by molar-refractivity contribution is 5.18. The van der Waals surface area contributed by atoms with Gasteiger partial charge in [0.05, 0.1) is 0 Å². The van der Waals surface area contributed by atoms with Gasteiger partial charge in [-0.05, 0) is 17.5 Å². The lowest BCUT2D eigenvalue weighted by Gasteiger charge is -2.30. The number of nitrogens with one attached hydrogen (secondary N) is 1. The fourth-order valence-corrected chi connectivity index (χ4v) is 2.33. The lowest BCUT2D eigenvalue weighted by Crippen LogP contribution is -2.41. The monoisotopic (exact) mass is 287 g/mol. The zero-order valence-electron chi connectivity index (χ0n) is 13.4. The molecule has 0 aliphatic heterocycles. The Morgan fingerprint density at radius 3 is 2.52 bits per heavy atom. The van der Waals surface area contributed by atoms with Crippen molar-refractivity contribution < 1.29 is 4.52 Å². The van der Waals surface area contributed by atoms with E-state index in [0.717, 1.165) is 18.8 Å². The first-order valence-electron chi connectivity index (χ1n) is 7.58. The van der Waals surface area contributed by atoms with Gasteiger partial charge in [-0.3, -0.25) is 0 Å². The Bertz CT molecular complexity index is 543. The van der Waals surface area contributed by atoms with Gasteiger partial charge in [0.1, 0.15) is 0 Å². The summed E-state index contributed by atoms with van der Waals surface area (Å²) in [6.07, 6.45) is 1.48. The summed E-state index contributed by atoms with van der Waals surface area (Å²) in [4.78, 5) is 4.52. The van der Waals surface area contributed by atoms with E-state index in [0.29, 0.717) is 18.4 Å². The van der Waals surface area contributed by atoms with E-state index in [1.807, 2.05) is 18.2 Å². The van der Waals surface area contributed by atoms with Gasteiger partial charge in [-0.15, -0.1) is 0 Å². The standard InChI is InChI=1S/C17H25N3O/c1-5-18-14(17(2,3)4)12-16-19-15(20-21-16)11-13-9-7-6-8-10-13/h6-10,14,18H,5,11-12H2,1-4H3. The van der Waals surface area contributed by atoms with Gasteiger partial charge in [0.25, 0.3) is 0 Å². The topological polar surface area (TPSA) is 51.0 Å². The average Bonchev–Trinajstić information content (AvgIpc) is 2.86. The van der Waals surface area contributed by atoms with Gasteiger partial charge >= 0.3 is 0 Å². The van der Waals surface area contributed by atoms with Crippen LogP contribution in [0.3, 0.4) is 0 Å². The lowest BCUT2D eigenvalue weighted by atomic mass is 9.84. The van der Waals surface area contributed by atoms with Crippen molar-refractivity contribution in [3.63, 3.8) is 0 Å². The van der Waals surface area contributed by atoms with Gasteiger partial charge in [0.2, 0.25) is 5.89 Å². The van der Waals surface area contributed by atoms with Crippen LogP contribution in [0.4, 0.5) is 0 Å². The average molecular weight is 287 g/mol. The Morgan fingerprint density at radius 1 is 1.19 bits per heavy atom. The number of hydrogen-bond acceptors (Lipinski definition) is 4. The van der Waals surface area contributed by atoms with Crippen molar-refractivity contribution >= 4 is 0 Å². The van der Waals surface area contributed by atoms with E-state index in [-0.39, 0.29) is 5.41 Å². The molecule has 1 unspecified atom stereocenters. The normalized spacial score (nSPS) is 13.3. The molecule has 0 saturated heterocycles. The number of aromatic nitrogens is 2. The van der Waals surface area contributed by atoms with Crippen molar-refractivity contribution in [2.45, 2.75) is 46.6 Å². The summed E-state index contributed by atoms with van der Waals surface area (Å²) in [5.41, 5.74) is 1.35. The minimum absolute atomic E-state index is 0.157. The van der Waals surface area contributed by atoms with Gasteiger partial charge in [-0.1, -0.05) is 63.2 Å². The van der Waals surface area contributed by atoms with Crippen molar-refractivity contribution in [1.29, 1.82) is 0 Å². The molecule has 0 saturated carbocycles. The maximum absolute atomic E-state index is 5.41. The van der Waals surface area contributed by atoms with E-state index >= 15 is 0 Å². The van der Waals surface area contributed by atoms with Crippen LogP contribution in [0.25, 0.3) is 0 Å². The summed E-state index contributed by atoms with van der Waals surface area (Å²) in [6.45, 7) is 9.73. The van der Waals surface area contributed by atoms with Crippen molar-refractivity contribution in [2.75, 3.05) is 6.54 Å². The van der Waals surface area contributed by atoms with Crippen molar-refractivity contribution in [2.24, 2.45) is 5.41 Å². The van der Waals surface area contributed by atoms with Gasteiger partial charge < -0.3 is 9.84 Å². The molecule has 0 spiro atoms. The number of benzene rings is 1. The first-order chi connectivity index (χ1) is 9.99. The lowest BCUT2D eigenvalue weighted by molar-refractivity contribution is 0.247. The first kappa shape index (κ1) is 15.7. The molecule has 0 radical (unpaired) electrons. The second-order valence-electron chi connectivity index (χ2n) is 6.45. The smallest absolute Gasteiger partial charge is 0.228 e. The minimum Gasteiger partial charge on any atom is -0.339 e. The number of likely N-dealkylation sites (N-methyl/N-ethyl adjacent to an activating group) is 1. The van der Waals surface area contributed by atoms with Crippen LogP contribution in [0, 0.1) is 5.41 Å². The van der Waals surface area contributed by atoms with Crippen LogP contribution in [0.15, 0.2) is 34.9 Å². The third kappa shape index (κ3) is 4.67. The fraction of sp³-hybridized carbons (Fsp3) is 0.529. The van der Waals surface area contributed by atoms with Crippen molar-refractivity contribution in [3.05, 3.63) is 47.6 Å².